The summed E-state index contributed by atoms with van der Waals surface area (Å²) in [6, 6.07) is 11.4. The van der Waals surface area contributed by atoms with Crippen molar-refractivity contribution in [3.8, 4) is 0 Å². The van der Waals surface area contributed by atoms with Gasteiger partial charge in [-0.1, -0.05) is 17.7 Å². The van der Waals surface area contributed by atoms with Gasteiger partial charge in [0.2, 0.25) is 0 Å². The third-order valence-corrected chi connectivity index (χ3v) is 3.40. The molecule has 0 radical (unpaired) electrons. The number of benzene rings is 1. The lowest BCUT2D eigenvalue weighted by atomic mass is 10.2. The molecular formula is C17H15ClN4. The van der Waals surface area contributed by atoms with Crippen molar-refractivity contribution >= 4 is 40.5 Å². The fraction of sp³-hybridized carbons (Fsp3) is 0.118. The molecule has 3 rings (SSSR count). The van der Waals surface area contributed by atoms with Crippen LogP contribution in [0.25, 0.3) is 23.1 Å². The van der Waals surface area contributed by atoms with Gasteiger partial charge in [0, 0.05) is 30.7 Å². The predicted molar refractivity (Wildman–Crippen MR) is 92.0 cm³/mol. The van der Waals surface area contributed by atoms with Crippen LogP contribution in [0.2, 0.25) is 5.02 Å². The first-order chi connectivity index (χ1) is 10.6. The molecule has 0 fully saturated rings. The highest BCUT2D eigenvalue weighted by atomic mass is 35.5. The number of nitrogens with zero attached hydrogens (tertiary/aromatic N) is 4. The second-order valence-corrected chi connectivity index (χ2v) is 5.49. The van der Waals surface area contributed by atoms with Crippen LogP contribution in [0, 0.1) is 0 Å². The average molecular weight is 311 g/mol. The van der Waals surface area contributed by atoms with Gasteiger partial charge < -0.3 is 4.90 Å². The van der Waals surface area contributed by atoms with E-state index in [9.17, 15) is 0 Å². The van der Waals surface area contributed by atoms with Crippen LogP contribution in [0.4, 0.5) is 5.82 Å². The van der Waals surface area contributed by atoms with Crippen molar-refractivity contribution < 1.29 is 0 Å². The summed E-state index contributed by atoms with van der Waals surface area (Å²) >= 11 is 6.08. The van der Waals surface area contributed by atoms with Crippen LogP contribution in [0.15, 0.2) is 42.6 Å². The fourth-order valence-electron chi connectivity index (χ4n) is 2.15. The van der Waals surface area contributed by atoms with E-state index in [0.717, 1.165) is 22.4 Å². The molecule has 22 heavy (non-hydrogen) atoms. The van der Waals surface area contributed by atoms with Crippen molar-refractivity contribution in [2.45, 2.75) is 0 Å². The highest BCUT2D eigenvalue weighted by Crippen LogP contribution is 2.26. The number of hydrogen-bond donors (Lipinski definition) is 0. The molecule has 3 aromatic rings. The van der Waals surface area contributed by atoms with Gasteiger partial charge in [-0.05, 0) is 42.5 Å². The van der Waals surface area contributed by atoms with Crippen LogP contribution in [-0.4, -0.2) is 29.0 Å². The zero-order valence-electron chi connectivity index (χ0n) is 12.4. The molecular weight excluding hydrogens is 296 g/mol. The third-order valence-electron chi connectivity index (χ3n) is 3.17. The monoisotopic (exact) mass is 310 g/mol. The van der Waals surface area contributed by atoms with Crippen molar-refractivity contribution in [2.24, 2.45) is 0 Å². The molecule has 5 heteroatoms. The van der Waals surface area contributed by atoms with Gasteiger partial charge in [-0.15, -0.1) is 0 Å². The van der Waals surface area contributed by atoms with Crippen LogP contribution < -0.4 is 4.90 Å². The first-order valence-corrected chi connectivity index (χ1v) is 7.25. The van der Waals surface area contributed by atoms with Crippen molar-refractivity contribution in [1.82, 2.24) is 15.0 Å². The molecule has 4 nitrogen and oxygen atoms in total. The number of aromatic nitrogens is 3. The number of rotatable bonds is 3. The summed E-state index contributed by atoms with van der Waals surface area (Å²) in [5.74, 6) is 1.48. The Morgan fingerprint density at radius 2 is 1.91 bits per heavy atom. The maximum Gasteiger partial charge on any atom is 0.155 e. The minimum absolute atomic E-state index is 0.643. The fourth-order valence-corrected chi connectivity index (χ4v) is 2.32. The van der Waals surface area contributed by atoms with Gasteiger partial charge in [0.05, 0.1) is 11.2 Å². The minimum Gasteiger partial charge on any atom is -0.362 e. The Morgan fingerprint density at radius 1 is 1.05 bits per heavy atom. The molecule has 0 bridgehead atoms. The summed E-state index contributed by atoms with van der Waals surface area (Å²) < 4.78 is 0. The number of hydrogen-bond acceptors (Lipinski definition) is 4. The quantitative estimate of drug-likeness (QED) is 0.735. The smallest absolute Gasteiger partial charge is 0.155 e. The van der Waals surface area contributed by atoms with Crippen LogP contribution in [0.3, 0.4) is 0 Å². The highest BCUT2D eigenvalue weighted by molar-refractivity contribution is 6.31. The number of halogens is 1. The lowest BCUT2D eigenvalue weighted by Crippen LogP contribution is -2.12. The van der Waals surface area contributed by atoms with Crippen LogP contribution in [-0.2, 0) is 0 Å². The van der Waals surface area contributed by atoms with Crippen LogP contribution in [0.1, 0.15) is 11.5 Å². The molecule has 0 unspecified atom stereocenters. The van der Waals surface area contributed by atoms with E-state index in [2.05, 4.69) is 15.0 Å². The van der Waals surface area contributed by atoms with Crippen LogP contribution >= 0.6 is 11.6 Å². The molecule has 0 N–H and O–H groups in total. The van der Waals surface area contributed by atoms with Gasteiger partial charge in [0.15, 0.2) is 5.82 Å². The SMILES string of the molecule is CN(C)c1nc(C=Cc2ccccn2)nc2ccc(Cl)cc12. The summed E-state index contributed by atoms with van der Waals surface area (Å²) in [4.78, 5) is 15.4. The van der Waals surface area contributed by atoms with Gasteiger partial charge in [-0.2, -0.15) is 0 Å². The van der Waals surface area contributed by atoms with Crippen molar-refractivity contribution in [3.05, 3.63) is 59.1 Å². The summed E-state index contributed by atoms with van der Waals surface area (Å²) in [6.07, 6.45) is 5.52. The molecule has 2 heterocycles. The van der Waals surface area contributed by atoms with Gasteiger partial charge in [-0.25, -0.2) is 9.97 Å². The Labute approximate surface area is 134 Å². The van der Waals surface area contributed by atoms with Gasteiger partial charge in [-0.3, -0.25) is 4.98 Å². The van der Waals surface area contributed by atoms with E-state index in [4.69, 9.17) is 11.6 Å². The molecule has 0 amide bonds. The van der Waals surface area contributed by atoms with E-state index in [1.54, 1.807) is 6.20 Å². The van der Waals surface area contributed by atoms with Gasteiger partial charge >= 0.3 is 0 Å². The standard InChI is InChI=1S/C17H15ClN4/c1-22(2)17-14-11-12(18)6-8-15(14)20-16(21-17)9-7-13-5-3-4-10-19-13/h3-11H,1-2H3. The van der Waals surface area contributed by atoms with E-state index < -0.39 is 0 Å². The van der Waals surface area contributed by atoms with Gasteiger partial charge in [0.1, 0.15) is 5.82 Å². The van der Waals surface area contributed by atoms with Gasteiger partial charge in [0.25, 0.3) is 0 Å². The molecule has 1 aromatic carbocycles. The van der Waals surface area contributed by atoms with Crippen LogP contribution in [0.5, 0.6) is 0 Å². The molecule has 0 atom stereocenters. The lowest BCUT2D eigenvalue weighted by molar-refractivity contribution is 1.05. The maximum absolute atomic E-state index is 6.08. The molecule has 0 spiro atoms. The summed E-state index contributed by atoms with van der Waals surface area (Å²) in [6.45, 7) is 0. The Balaban J connectivity index is 2.07. The summed E-state index contributed by atoms with van der Waals surface area (Å²) in [7, 11) is 3.91. The van der Waals surface area contributed by atoms with E-state index >= 15 is 0 Å². The zero-order valence-corrected chi connectivity index (χ0v) is 13.1. The predicted octanol–water partition coefficient (Wildman–Crippen LogP) is 3.91. The van der Waals surface area contributed by atoms with E-state index in [-0.39, 0.29) is 0 Å². The van der Waals surface area contributed by atoms with E-state index in [1.165, 1.54) is 0 Å². The van der Waals surface area contributed by atoms with Crippen molar-refractivity contribution in [3.63, 3.8) is 0 Å². The largest absolute Gasteiger partial charge is 0.362 e. The number of anilines is 1. The summed E-state index contributed by atoms with van der Waals surface area (Å²) in [5, 5.41) is 1.61. The summed E-state index contributed by atoms with van der Waals surface area (Å²) in [5.41, 5.74) is 1.73. The molecule has 0 aliphatic carbocycles. The second kappa shape index (κ2) is 6.12. The Morgan fingerprint density at radius 3 is 2.64 bits per heavy atom. The minimum atomic E-state index is 0.643. The Hall–Kier alpha value is -2.46. The topological polar surface area (TPSA) is 41.9 Å². The average Bonchev–Trinajstić information content (AvgIpc) is 2.53. The molecule has 0 saturated heterocycles. The van der Waals surface area contributed by atoms with E-state index in [0.29, 0.717) is 10.8 Å². The first kappa shape index (κ1) is 14.5. The lowest BCUT2D eigenvalue weighted by Gasteiger charge is -2.14. The Bertz CT molecular complexity index is 829. The van der Waals surface area contributed by atoms with Crippen molar-refractivity contribution in [1.29, 1.82) is 0 Å². The highest BCUT2D eigenvalue weighted by Gasteiger charge is 2.08. The molecule has 110 valence electrons. The Kier molecular flexibility index (Phi) is 4.02. The number of pyridine rings is 1. The maximum atomic E-state index is 6.08. The second-order valence-electron chi connectivity index (χ2n) is 5.05. The molecule has 0 saturated carbocycles. The first-order valence-electron chi connectivity index (χ1n) is 6.87. The number of fused-ring (bicyclic) bond motifs is 1. The van der Waals surface area contributed by atoms with Crippen molar-refractivity contribution in [2.75, 3.05) is 19.0 Å². The molecule has 2 aromatic heterocycles. The van der Waals surface area contributed by atoms with E-state index in [1.807, 2.05) is 67.5 Å². The third kappa shape index (κ3) is 3.07. The molecule has 0 aliphatic rings. The zero-order chi connectivity index (χ0) is 15.5. The molecule has 0 aliphatic heterocycles. The normalized spacial score (nSPS) is 11.2.